The molecule has 1 aromatic carbocycles. The number of hydrogen-bond donors (Lipinski definition) is 2. The predicted molar refractivity (Wildman–Crippen MR) is 131 cm³/mol. The first-order chi connectivity index (χ1) is 15.5. The van der Waals surface area contributed by atoms with Crippen LogP contribution in [0.25, 0.3) is 11.4 Å². The van der Waals surface area contributed by atoms with Gasteiger partial charge in [0, 0.05) is 43.4 Å². The van der Waals surface area contributed by atoms with Crippen LogP contribution in [0.5, 0.6) is 0 Å². The summed E-state index contributed by atoms with van der Waals surface area (Å²) >= 11 is 2.39. The number of halogens is 1. The van der Waals surface area contributed by atoms with Crippen LogP contribution >= 0.6 is 22.6 Å². The van der Waals surface area contributed by atoms with Crippen molar-refractivity contribution >= 4 is 46.0 Å². The van der Waals surface area contributed by atoms with Gasteiger partial charge >= 0.3 is 6.03 Å². The molecular formula is C22H27IN6O3. The highest BCUT2D eigenvalue weighted by Gasteiger charge is 2.30. The minimum atomic E-state index is -0.239. The topological polar surface area (TPSA) is 99.7 Å². The molecule has 1 aromatic heterocycles. The Morgan fingerprint density at radius 2 is 2.00 bits per heavy atom. The molecule has 10 heteroatoms. The summed E-state index contributed by atoms with van der Waals surface area (Å²) in [5.74, 6) is 1.60. The number of amides is 3. The molecule has 32 heavy (non-hydrogen) atoms. The van der Waals surface area contributed by atoms with Gasteiger partial charge in [0.15, 0.2) is 5.82 Å². The number of rotatable bonds is 4. The van der Waals surface area contributed by atoms with E-state index in [4.69, 9.17) is 14.7 Å². The Morgan fingerprint density at radius 1 is 1.22 bits per heavy atom. The highest BCUT2D eigenvalue weighted by atomic mass is 127. The van der Waals surface area contributed by atoms with Crippen molar-refractivity contribution in [1.29, 1.82) is 0 Å². The first-order valence-electron chi connectivity index (χ1n) is 10.7. The molecule has 0 bridgehead atoms. The summed E-state index contributed by atoms with van der Waals surface area (Å²) in [6.45, 7) is 7.26. The van der Waals surface area contributed by atoms with Crippen molar-refractivity contribution in [2.75, 3.05) is 43.1 Å². The van der Waals surface area contributed by atoms with Crippen molar-refractivity contribution in [3.63, 3.8) is 0 Å². The minimum Gasteiger partial charge on any atom is -0.377 e. The van der Waals surface area contributed by atoms with E-state index in [1.54, 1.807) is 6.92 Å². The molecular weight excluding hydrogens is 523 g/mol. The summed E-state index contributed by atoms with van der Waals surface area (Å²) in [7, 11) is 0. The molecule has 170 valence electrons. The Kier molecular flexibility index (Phi) is 7.09. The maximum atomic E-state index is 12.0. The Labute approximate surface area is 201 Å². The number of carbonyl (C=O) groups excluding carboxylic acids is 2. The first-order valence-corrected chi connectivity index (χ1v) is 12.0. The lowest BCUT2D eigenvalue weighted by molar-refractivity contribution is -0.129. The predicted octanol–water partition coefficient (Wildman–Crippen LogP) is 2.79. The number of aromatic nitrogens is 2. The number of nitrogens with zero attached hydrogens (tertiary/aromatic N) is 4. The van der Waals surface area contributed by atoms with E-state index in [2.05, 4.69) is 38.1 Å². The van der Waals surface area contributed by atoms with Gasteiger partial charge in [0.2, 0.25) is 5.91 Å². The first kappa shape index (κ1) is 22.7. The highest BCUT2D eigenvalue weighted by Crippen LogP contribution is 2.32. The lowest BCUT2D eigenvalue weighted by Crippen LogP contribution is -2.44. The fraction of sp³-hybridized carbons (Fsp3) is 0.455. The van der Waals surface area contributed by atoms with Crippen LogP contribution in [-0.2, 0) is 22.5 Å². The summed E-state index contributed by atoms with van der Waals surface area (Å²) in [4.78, 5) is 37.7. The zero-order chi connectivity index (χ0) is 22.7. The lowest BCUT2D eigenvalue weighted by Gasteiger charge is -2.36. The molecule has 3 heterocycles. The van der Waals surface area contributed by atoms with E-state index in [9.17, 15) is 9.59 Å². The Bertz CT molecular complexity index is 1000. The molecule has 9 nitrogen and oxygen atoms in total. The summed E-state index contributed by atoms with van der Waals surface area (Å²) in [5, 5.41) is 5.51. The van der Waals surface area contributed by atoms with Gasteiger partial charge in [-0.2, -0.15) is 0 Å². The number of alkyl halides is 1. The van der Waals surface area contributed by atoms with Crippen LogP contribution in [0, 0.1) is 0 Å². The second-order valence-electron chi connectivity index (χ2n) is 7.75. The average molecular weight is 550 g/mol. The molecule has 2 aliphatic heterocycles. The number of urea groups is 1. The summed E-state index contributed by atoms with van der Waals surface area (Å²) in [6, 6.07) is 7.24. The molecule has 0 saturated carbocycles. The Hall–Kier alpha value is -2.47. The zero-order valence-electron chi connectivity index (χ0n) is 18.2. The number of nitrogens with one attached hydrogen (secondary N) is 2. The molecule has 0 spiro atoms. The van der Waals surface area contributed by atoms with Gasteiger partial charge in [-0.25, -0.2) is 14.8 Å². The van der Waals surface area contributed by atoms with E-state index in [1.165, 1.54) is 0 Å². The Morgan fingerprint density at radius 3 is 2.69 bits per heavy atom. The van der Waals surface area contributed by atoms with Gasteiger partial charge in [-0.05, 0) is 37.6 Å². The molecule has 1 fully saturated rings. The van der Waals surface area contributed by atoms with E-state index in [-0.39, 0.29) is 16.0 Å². The standard InChI is InChI=1S/C22H27IN6O3/c1-3-24-22(31)25-16-6-4-15(5-7-16)20-26-18-12-28(14(2)30)9-8-17(18)21(27-20)29-10-11-32-13-19(29)23/h4-7,19H,3,8-13H2,1-2H3,(H2,24,25,31)/t19-/m1/s1. The van der Waals surface area contributed by atoms with Crippen LogP contribution in [0.15, 0.2) is 24.3 Å². The van der Waals surface area contributed by atoms with Gasteiger partial charge < -0.3 is 25.2 Å². The number of morpholine rings is 1. The highest BCUT2D eigenvalue weighted by molar-refractivity contribution is 14.1. The second-order valence-corrected chi connectivity index (χ2v) is 9.19. The van der Waals surface area contributed by atoms with Crippen LogP contribution in [0.3, 0.4) is 0 Å². The van der Waals surface area contributed by atoms with Crippen LogP contribution in [-0.4, -0.2) is 63.7 Å². The van der Waals surface area contributed by atoms with Gasteiger partial charge in [0.1, 0.15) is 9.87 Å². The minimum absolute atomic E-state index is 0.0521. The monoisotopic (exact) mass is 550 g/mol. The van der Waals surface area contributed by atoms with Crippen molar-refractivity contribution < 1.29 is 14.3 Å². The summed E-state index contributed by atoms with van der Waals surface area (Å²) in [5.41, 5.74) is 3.56. The lowest BCUT2D eigenvalue weighted by atomic mass is 10.0. The van der Waals surface area contributed by atoms with Gasteiger partial charge in [0.05, 0.1) is 25.5 Å². The van der Waals surface area contributed by atoms with Gasteiger partial charge in [0.25, 0.3) is 0 Å². The van der Waals surface area contributed by atoms with Crippen LogP contribution < -0.4 is 15.5 Å². The number of ether oxygens (including phenoxy) is 1. The second kappa shape index (κ2) is 9.99. The smallest absolute Gasteiger partial charge is 0.319 e. The fourth-order valence-corrected chi connectivity index (χ4v) is 4.69. The van der Waals surface area contributed by atoms with E-state index >= 15 is 0 Å². The van der Waals surface area contributed by atoms with Crippen LogP contribution in [0.2, 0.25) is 0 Å². The Balaban J connectivity index is 1.69. The molecule has 4 rings (SSSR count). The van der Waals surface area contributed by atoms with Gasteiger partial charge in [-0.1, -0.05) is 22.6 Å². The fourth-order valence-electron chi connectivity index (χ4n) is 3.90. The molecule has 0 aliphatic carbocycles. The SMILES string of the molecule is CCNC(=O)Nc1ccc(-c2nc3c(c(N4CCOC[C@@H]4I)n2)CCN(C(C)=O)C3)cc1. The van der Waals surface area contributed by atoms with Gasteiger partial charge in [-0.15, -0.1) is 0 Å². The van der Waals surface area contributed by atoms with E-state index in [0.717, 1.165) is 35.6 Å². The number of fused-ring (bicyclic) bond motifs is 1. The third-order valence-electron chi connectivity index (χ3n) is 5.57. The summed E-state index contributed by atoms with van der Waals surface area (Å²) in [6.07, 6.45) is 0.737. The molecule has 0 radical (unpaired) electrons. The molecule has 1 atom stereocenters. The van der Waals surface area contributed by atoms with Crippen molar-refractivity contribution in [2.45, 2.75) is 30.9 Å². The third-order valence-corrected chi connectivity index (χ3v) is 6.60. The van der Waals surface area contributed by atoms with Gasteiger partial charge in [-0.3, -0.25) is 4.79 Å². The maximum Gasteiger partial charge on any atom is 0.319 e. The summed E-state index contributed by atoms with van der Waals surface area (Å²) < 4.78 is 5.80. The molecule has 3 amide bonds. The normalized spacial score (nSPS) is 18.2. The van der Waals surface area contributed by atoms with Crippen molar-refractivity contribution in [3.8, 4) is 11.4 Å². The average Bonchev–Trinajstić information content (AvgIpc) is 2.79. The van der Waals surface area contributed by atoms with E-state index in [0.29, 0.717) is 44.4 Å². The van der Waals surface area contributed by atoms with E-state index < -0.39 is 0 Å². The van der Waals surface area contributed by atoms with Crippen LogP contribution in [0.1, 0.15) is 25.1 Å². The third kappa shape index (κ3) is 4.96. The quantitative estimate of drug-likeness (QED) is 0.345. The largest absolute Gasteiger partial charge is 0.377 e. The van der Waals surface area contributed by atoms with Crippen molar-refractivity contribution in [2.24, 2.45) is 0 Å². The zero-order valence-corrected chi connectivity index (χ0v) is 20.4. The molecule has 2 N–H and O–H groups in total. The van der Waals surface area contributed by atoms with Crippen LogP contribution in [0.4, 0.5) is 16.3 Å². The van der Waals surface area contributed by atoms with Crippen molar-refractivity contribution in [1.82, 2.24) is 20.2 Å². The molecule has 2 aliphatic rings. The van der Waals surface area contributed by atoms with Crippen molar-refractivity contribution in [3.05, 3.63) is 35.5 Å². The number of benzene rings is 1. The number of hydrogen-bond acceptors (Lipinski definition) is 6. The molecule has 2 aromatic rings. The van der Waals surface area contributed by atoms with E-state index in [1.807, 2.05) is 36.1 Å². The molecule has 0 unspecified atom stereocenters. The number of carbonyl (C=O) groups is 2. The molecule has 1 saturated heterocycles. The number of anilines is 2. The maximum absolute atomic E-state index is 12.0.